The molecule has 1 amide bonds. The van der Waals surface area contributed by atoms with Crippen molar-refractivity contribution in [2.75, 3.05) is 0 Å². The number of hydrogen-bond acceptors (Lipinski definition) is 1. The molecular formula is C11H23NO. The third-order valence-electron chi connectivity index (χ3n) is 3.18. The molecule has 0 rings (SSSR count). The lowest BCUT2D eigenvalue weighted by Gasteiger charge is -2.38. The van der Waals surface area contributed by atoms with Gasteiger partial charge in [-0.3, -0.25) is 4.79 Å². The Morgan fingerprint density at radius 3 is 1.69 bits per heavy atom. The van der Waals surface area contributed by atoms with Crippen LogP contribution >= 0.6 is 0 Å². The van der Waals surface area contributed by atoms with Gasteiger partial charge in [0.05, 0.1) is 5.41 Å². The fraction of sp³-hybridized carbons (Fsp3) is 0.909. The topological polar surface area (TPSA) is 43.1 Å². The van der Waals surface area contributed by atoms with Crippen molar-refractivity contribution < 1.29 is 4.79 Å². The minimum Gasteiger partial charge on any atom is -0.369 e. The maximum absolute atomic E-state index is 11.5. The number of rotatable bonds is 5. The first-order valence-electron chi connectivity index (χ1n) is 5.19. The molecule has 0 spiro atoms. The smallest absolute Gasteiger partial charge is 0.224 e. The molecular weight excluding hydrogens is 162 g/mol. The largest absolute Gasteiger partial charge is 0.369 e. The highest BCUT2D eigenvalue weighted by Gasteiger charge is 2.41. The van der Waals surface area contributed by atoms with Gasteiger partial charge in [-0.1, -0.05) is 41.0 Å². The summed E-state index contributed by atoms with van der Waals surface area (Å²) in [6.45, 7) is 10.4. The maximum Gasteiger partial charge on any atom is 0.224 e. The molecule has 2 N–H and O–H groups in total. The quantitative estimate of drug-likeness (QED) is 0.703. The fourth-order valence-electron chi connectivity index (χ4n) is 2.35. The number of nitrogens with two attached hydrogens (primary N) is 1. The van der Waals surface area contributed by atoms with Gasteiger partial charge in [-0.05, 0) is 18.3 Å². The van der Waals surface area contributed by atoms with Crippen LogP contribution in [0.1, 0.15) is 47.5 Å². The maximum atomic E-state index is 11.5. The van der Waals surface area contributed by atoms with Crippen LogP contribution in [-0.2, 0) is 4.79 Å². The SMILES string of the molecule is CCCC(C(N)=O)(C(C)C)C(C)C. The number of amides is 1. The lowest BCUT2D eigenvalue weighted by Crippen LogP contribution is -2.45. The molecule has 0 unspecified atom stereocenters. The van der Waals surface area contributed by atoms with E-state index in [4.69, 9.17) is 5.73 Å². The molecule has 0 bridgehead atoms. The molecule has 0 aliphatic rings. The first-order valence-corrected chi connectivity index (χ1v) is 5.19. The van der Waals surface area contributed by atoms with Gasteiger partial charge >= 0.3 is 0 Å². The molecule has 0 heterocycles. The number of hydrogen-bond donors (Lipinski definition) is 1. The molecule has 0 fully saturated rings. The Hall–Kier alpha value is -0.530. The highest BCUT2D eigenvalue weighted by molar-refractivity contribution is 5.81. The third-order valence-corrected chi connectivity index (χ3v) is 3.18. The molecule has 2 nitrogen and oxygen atoms in total. The van der Waals surface area contributed by atoms with Crippen LogP contribution in [0.25, 0.3) is 0 Å². The molecule has 0 aromatic rings. The second-order valence-corrected chi connectivity index (χ2v) is 4.46. The van der Waals surface area contributed by atoms with E-state index in [9.17, 15) is 4.79 Å². The first-order chi connectivity index (χ1) is 5.89. The number of primary amides is 1. The van der Waals surface area contributed by atoms with Gasteiger partial charge in [0.15, 0.2) is 0 Å². The lowest BCUT2D eigenvalue weighted by atomic mass is 9.66. The second-order valence-electron chi connectivity index (χ2n) is 4.46. The normalized spacial score (nSPS) is 12.5. The van der Waals surface area contributed by atoms with E-state index in [1.807, 2.05) is 0 Å². The van der Waals surface area contributed by atoms with Gasteiger partial charge in [-0.15, -0.1) is 0 Å². The van der Waals surface area contributed by atoms with Crippen LogP contribution in [0.4, 0.5) is 0 Å². The Kier molecular flexibility index (Phi) is 4.45. The van der Waals surface area contributed by atoms with Gasteiger partial charge < -0.3 is 5.73 Å². The van der Waals surface area contributed by atoms with Gasteiger partial charge in [-0.2, -0.15) is 0 Å². The zero-order chi connectivity index (χ0) is 10.6. The van der Waals surface area contributed by atoms with Crippen molar-refractivity contribution in [1.29, 1.82) is 0 Å². The van der Waals surface area contributed by atoms with Gasteiger partial charge in [0.2, 0.25) is 5.91 Å². The highest BCUT2D eigenvalue weighted by atomic mass is 16.1. The summed E-state index contributed by atoms with van der Waals surface area (Å²) < 4.78 is 0. The molecule has 0 saturated carbocycles. The summed E-state index contributed by atoms with van der Waals surface area (Å²) in [5, 5.41) is 0. The molecule has 0 saturated heterocycles. The summed E-state index contributed by atoms with van der Waals surface area (Å²) in [5.41, 5.74) is 5.21. The van der Waals surface area contributed by atoms with E-state index >= 15 is 0 Å². The number of carbonyl (C=O) groups excluding carboxylic acids is 1. The van der Waals surface area contributed by atoms with E-state index in [1.54, 1.807) is 0 Å². The van der Waals surface area contributed by atoms with Gasteiger partial charge in [0, 0.05) is 0 Å². The van der Waals surface area contributed by atoms with E-state index < -0.39 is 0 Å². The van der Waals surface area contributed by atoms with E-state index in [0.717, 1.165) is 12.8 Å². The average Bonchev–Trinajstić information content (AvgIpc) is 1.97. The first kappa shape index (κ1) is 12.5. The van der Waals surface area contributed by atoms with Crippen LogP contribution in [0.3, 0.4) is 0 Å². The minimum absolute atomic E-state index is 0.139. The third kappa shape index (κ3) is 2.23. The molecule has 13 heavy (non-hydrogen) atoms. The van der Waals surface area contributed by atoms with Crippen LogP contribution in [0.5, 0.6) is 0 Å². The summed E-state index contributed by atoms with van der Waals surface area (Å²) >= 11 is 0. The standard InChI is InChI=1S/C11H23NO/c1-6-7-11(8(2)3,9(4)5)10(12)13/h8-9H,6-7H2,1-5H3,(H2,12,13). The van der Waals surface area contributed by atoms with Crippen molar-refractivity contribution in [1.82, 2.24) is 0 Å². The summed E-state index contributed by atoms with van der Waals surface area (Å²) in [7, 11) is 0. The van der Waals surface area contributed by atoms with Crippen LogP contribution in [0, 0.1) is 17.3 Å². The Morgan fingerprint density at radius 2 is 1.62 bits per heavy atom. The molecule has 0 aromatic carbocycles. The second kappa shape index (κ2) is 4.64. The molecule has 0 aliphatic carbocycles. The molecule has 0 atom stereocenters. The van der Waals surface area contributed by atoms with Crippen LogP contribution in [0.2, 0.25) is 0 Å². The lowest BCUT2D eigenvalue weighted by molar-refractivity contribution is -0.134. The summed E-state index contributed by atoms with van der Waals surface area (Å²) in [4.78, 5) is 11.5. The van der Waals surface area contributed by atoms with Crippen molar-refractivity contribution in [3.05, 3.63) is 0 Å². The summed E-state index contributed by atoms with van der Waals surface area (Å²) in [6, 6.07) is 0. The van der Waals surface area contributed by atoms with Crippen LogP contribution in [0.15, 0.2) is 0 Å². The predicted molar refractivity (Wildman–Crippen MR) is 56.2 cm³/mol. The molecule has 2 heteroatoms. The van der Waals surface area contributed by atoms with Crippen molar-refractivity contribution in [3.8, 4) is 0 Å². The fourth-order valence-corrected chi connectivity index (χ4v) is 2.35. The van der Waals surface area contributed by atoms with Crippen molar-refractivity contribution in [2.45, 2.75) is 47.5 Å². The molecule has 78 valence electrons. The summed E-state index contributed by atoms with van der Waals surface area (Å²) in [5.74, 6) is 0.509. The van der Waals surface area contributed by atoms with Crippen LogP contribution in [-0.4, -0.2) is 5.91 Å². The minimum atomic E-state index is -0.311. The average molecular weight is 185 g/mol. The van der Waals surface area contributed by atoms with Gasteiger partial charge in [0.25, 0.3) is 0 Å². The van der Waals surface area contributed by atoms with E-state index in [1.165, 1.54) is 0 Å². The molecule has 0 radical (unpaired) electrons. The predicted octanol–water partition coefficient (Wildman–Crippen LogP) is 2.57. The Bertz CT molecular complexity index is 165. The Morgan fingerprint density at radius 1 is 1.23 bits per heavy atom. The Labute approximate surface area is 81.9 Å². The molecule has 0 aliphatic heterocycles. The van der Waals surface area contributed by atoms with Gasteiger partial charge in [0.1, 0.15) is 0 Å². The van der Waals surface area contributed by atoms with Gasteiger partial charge in [-0.25, -0.2) is 0 Å². The highest BCUT2D eigenvalue weighted by Crippen LogP contribution is 2.39. The van der Waals surface area contributed by atoms with Crippen molar-refractivity contribution >= 4 is 5.91 Å². The zero-order valence-corrected chi connectivity index (χ0v) is 9.55. The van der Waals surface area contributed by atoms with Crippen molar-refractivity contribution in [2.24, 2.45) is 23.0 Å². The van der Waals surface area contributed by atoms with E-state index in [2.05, 4.69) is 34.6 Å². The zero-order valence-electron chi connectivity index (χ0n) is 9.55. The summed E-state index contributed by atoms with van der Waals surface area (Å²) in [6.07, 6.45) is 1.91. The van der Waals surface area contributed by atoms with Crippen molar-refractivity contribution in [3.63, 3.8) is 0 Å². The van der Waals surface area contributed by atoms with E-state index in [-0.39, 0.29) is 11.3 Å². The Balaban J connectivity index is 4.93. The monoisotopic (exact) mass is 185 g/mol. The number of carbonyl (C=O) groups is 1. The van der Waals surface area contributed by atoms with Crippen LogP contribution < -0.4 is 5.73 Å². The van der Waals surface area contributed by atoms with E-state index in [0.29, 0.717) is 11.8 Å². The molecule has 0 aromatic heterocycles.